The zero-order chi connectivity index (χ0) is 29.7. The van der Waals surface area contributed by atoms with E-state index in [1.807, 2.05) is 31.2 Å². The molecule has 2 heterocycles. The second-order valence-electron chi connectivity index (χ2n) is 9.46. The van der Waals surface area contributed by atoms with E-state index >= 15 is 0 Å². The maximum absolute atomic E-state index is 13.1. The number of nitrogens with one attached hydrogen (secondary N) is 1. The Morgan fingerprint density at radius 1 is 1.05 bits per heavy atom. The zero-order valence-corrected chi connectivity index (χ0v) is 23.5. The van der Waals surface area contributed by atoms with Crippen LogP contribution in [-0.4, -0.2) is 52.8 Å². The van der Waals surface area contributed by atoms with E-state index < -0.39 is 27.9 Å². The van der Waals surface area contributed by atoms with Crippen molar-refractivity contribution in [2.45, 2.75) is 31.2 Å². The van der Waals surface area contributed by atoms with Gasteiger partial charge in [0.1, 0.15) is 6.04 Å². The minimum absolute atomic E-state index is 0.00851. The van der Waals surface area contributed by atoms with Crippen molar-refractivity contribution in [2.75, 3.05) is 7.05 Å². The van der Waals surface area contributed by atoms with Gasteiger partial charge in [-0.05, 0) is 54.4 Å². The van der Waals surface area contributed by atoms with Crippen LogP contribution in [0.1, 0.15) is 41.8 Å². The van der Waals surface area contributed by atoms with Crippen molar-refractivity contribution in [3.05, 3.63) is 89.7 Å². The summed E-state index contributed by atoms with van der Waals surface area (Å²) in [4.78, 5) is 32.8. The number of nitrogens with zero attached hydrogens (tertiary/aromatic N) is 3. The van der Waals surface area contributed by atoms with Gasteiger partial charge in [-0.3, -0.25) is 20.0 Å². The number of fused-ring (bicyclic) bond motifs is 1. The normalized spacial score (nSPS) is 12.8. The zero-order valence-electron chi connectivity index (χ0n) is 22.7. The summed E-state index contributed by atoms with van der Waals surface area (Å²) in [5.41, 5.74) is 5.79. The molecule has 4 N–H and O–H groups in total. The van der Waals surface area contributed by atoms with Crippen LogP contribution in [0.5, 0.6) is 0 Å². The molecule has 2 atom stereocenters. The number of benzene rings is 2. The third kappa shape index (κ3) is 6.25. The summed E-state index contributed by atoms with van der Waals surface area (Å²) in [6.07, 6.45) is 3.69. The first-order chi connectivity index (χ1) is 19.6. The first-order valence-electron chi connectivity index (χ1n) is 12.8. The number of amides is 1. The van der Waals surface area contributed by atoms with Crippen LogP contribution in [-0.2, 0) is 14.8 Å². The number of likely N-dealkylation sites (N-methyl/N-ethyl adjacent to an activating group) is 1. The molecule has 0 spiro atoms. The number of rotatable bonds is 8. The molecule has 0 saturated heterocycles. The molecule has 2 aromatic heterocycles. The molecule has 0 aliphatic carbocycles. The van der Waals surface area contributed by atoms with E-state index in [1.54, 1.807) is 43.6 Å². The molecule has 10 nitrogen and oxygen atoms in total. The van der Waals surface area contributed by atoms with Gasteiger partial charge in [-0.2, -0.15) is 4.31 Å². The SMILES string of the molecule is CCC(C)C(C(=O)O)N(C)S(=O)(=O)c1ccc(C#Cc2ccc(-c3cc(C(=O)NN)c4cnccc4n3)cc2)cc1. The molecule has 0 radical (unpaired) electrons. The predicted octanol–water partition coefficient (Wildman–Crippen LogP) is 3.42. The summed E-state index contributed by atoms with van der Waals surface area (Å²) in [5, 5.41) is 10.2. The van der Waals surface area contributed by atoms with Crippen LogP contribution in [0.25, 0.3) is 22.2 Å². The highest BCUT2D eigenvalue weighted by atomic mass is 32.2. The van der Waals surface area contributed by atoms with Crippen molar-refractivity contribution in [1.29, 1.82) is 0 Å². The van der Waals surface area contributed by atoms with E-state index in [1.165, 1.54) is 19.2 Å². The number of carbonyl (C=O) groups is 2. The molecular formula is C30H29N5O5S. The summed E-state index contributed by atoms with van der Waals surface area (Å²) in [6, 6.07) is 15.5. The van der Waals surface area contributed by atoms with Crippen LogP contribution in [0.4, 0.5) is 0 Å². The Morgan fingerprint density at radius 3 is 2.22 bits per heavy atom. The maximum Gasteiger partial charge on any atom is 0.322 e. The molecule has 210 valence electrons. The number of carbonyl (C=O) groups excluding carboxylic acids is 1. The Hall–Kier alpha value is -4.63. The minimum Gasteiger partial charge on any atom is -0.480 e. The van der Waals surface area contributed by atoms with Gasteiger partial charge in [-0.25, -0.2) is 19.2 Å². The van der Waals surface area contributed by atoms with E-state index in [0.29, 0.717) is 39.7 Å². The third-order valence-electron chi connectivity index (χ3n) is 6.88. The predicted molar refractivity (Wildman–Crippen MR) is 155 cm³/mol. The van der Waals surface area contributed by atoms with E-state index in [9.17, 15) is 23.1 Å². The number of nitrogen functional groups attached to an aromatic ring is 1. The minimum atomic E-state index is -4.01. The number of hydrogen-bond donors (Lipinski definition) is 3. The molecular weight excluding hydrogens is 542 g/mol. The van der Waals surface area contributed by atoms with Gasteiger partial charge in [-0.1, -0.05) is 44.2 Å². The van der Waals surface area contributed by atoms with Crippen LogP contribution in [0.3, 0.4) is 0 Å². The number of hydrogen-bond acceptors (Lipinski definition) is 7. The molecule has 2 unspecified atom stereocenters. The second-order valence-corrected chi connectivity index (χ2v) is 11.5. The van der Waals surface area contributed by atoms with Gasteiger partial charge < -0.3 is 5.11 Å². The molecule has 0 aliphatic heterocycles. The first kappa shape index (κ1) is 29.4. The van der Waals surface area contributed by atoms with Gasteiger partial charge in [0.25, 0.3) is 5.91 Å². The van der Waals surface area contributed by atoms with Crippen molar-refractivity contribution < 1.29 is 23.1 Å². The highest BCUT2D eigenvalue weighted by Gasteiger charge is 2.35. The molecule has 4 rings (SSSR count). The number of nitrogens with two attached hydrogens (primary N) is 1. The Morgan fingerprint density at radius 2 is 1.66 bits per heavy atom. The fourth-order valence-electron chi connectivity index (χ4n) is 4.36. The molecule has 11 heteroatoms. The van der Waals surface area contributed by atoms with E-state index in [-0.39, 0.29) is 10.8 Å². The lowest BCUT2D eigenvalue weighted by Crippen LogP contribution is -2.46. The summed E-state index contributed by atoms with van der Waals surface area (Å²) in [7, 11) is -2.73. The van der Waals surface area contributed by atoms with Crippen molar-refractivity contribution in [1.82, 2.24) is 19.7 Å². The van der Waals surface area contributed by atoms with Crippen LogP contribution in [0.15, 0.2) is 78.0 Å². The van der Waals surface area contributed by atoms with E-state index in [2.05, 4.69) is 27.2 Å². The number of sulfonamides is 1. The lowest BCUT2D eigenvalue weighted by molar-refractivity contribution is -0.142. The molecule has 1 amide bonds. The number of carboxylic acid groups (broad SMARTS) is 1. The average molecular weight is 572 g/mol. The number of hydrazine groups is 1. The summed E-state index contributed by atoms with van der Waals surface area (Å²) in [6.45, 7) is 3.53. The van der Waals surface area contributed by atoms with Gasteiger partial charge in [0.2, 0.25) is 10.0 Å². The van der Waals surface area contributed by atoms with Crippen molar-refractivity contribution in [3.8, 4) is 23.1 Å². The fraction of sp³-hybridized carbons (Fsp3) is 0.200. The van der Waals surface area contributed by atoms with Crippen LogP contribution in [0.2, 0.25) is 0 Å². The fourth-order valence-corrected chi connectivity index (χ4v) is 5.77. The third-order valence-corrected chi connectivity index (χ3v) is 8.73. The average Bonchev–Trinajstić information content (AvgIpc) is 2.99. The van der Waals surface area contributed by atoms with Crippen LogP contribution < -0.4 is 11.3 Å². The topological polar surface area (TPSA) is 156 Å². The lowest BCUT2D eigenvalue weighted by Gasteiger charge is -2.28. The Bertz CT molecular complexity index is 1760. The number of carboxylic acids is 1. The Balaban J connectivity index is 1.55. The highest BCUT2D eigenvalue weighted by Crippen LogP contribution is 2.25. The summed E-state index contributed by atoms with van der Waals surface area (Å²) < 4.78 is 27.1. The van der Waals surface area contributed by atoms with Gasteiger partial charge in [-0.15, -0.1) is 0 Å². The van der Waals surface area contributed by atoms with Gasteiger partial charge in [0, 0.05) is 41.5 Å². The van der Waals surface area contributed by atoms with Crippen LogP contribution >= 0.6 is 0 Å². The monoisotopic (exact) mass is 571 g/mol. The first-order valence-corrected chi connectivity index (χ1v) is 14.2. The van der Waals surface area contributed by atoms with Gasteiger partial charge >= 0.3 is 5.97 Å². The highest BCUT2D eigenvalue weighted by molar-refractivity contribution is 7.89. The molecule has 0 aliphatic rings. The van der Waals surface area contributed by atoms with E-state index in [0.717, 1.165) is 9.87 Å². The Kier molecular flexibility index (Phi) is 8.78. The van der Waals surface area contributed by atoms with Gasteiger partial charge in [0.05, 0.1) is 21.7 Å². The van der Waals surface area contributed by atoms with Crippen molar-refractivity contribution in [3.63, 3.8) is 0 Å². The van der Waals surface area contributed by atoms with Gasteiger partial charge in [0.15, 0.2) is 0 Å². The number of pyridine rings is 2. The Labute approximate surface area is 238 Å². The van der Waals surface area contributed by atoms with Crippen LogP contribution in [0, 0.1) is 17.8 Å². The second kappa shape index (κ2) is 12.3. The smallest absolute Gasteiger partial charge is 0.322 e. The standard InChI is InChI=1S/C30H29N5O5S/c1-4-19(2)28(30(37)38)35(3)41(39,40)23-13-9-21(10-14-23)6-5-20-7-11-22(12-8-20)27-17-24(29(36)34-31)25-18-32-16-15-26(25)33-27/h7-19,28H,4,31H2,1-3H3,(H,34,36)(H,37,38). The van der Waals surface area contributed by atoms with E-state index in [4.69, 9.17) is 5.84 Å². The van der Waals surface area contributed by atoms with Crippen molar-refractivity contribution >= 4 is 32.8 Å². The number of aliphatic carboxylic acids is 1. The molecule has 0 saturated carbocycles. The number of aromatic nitrogens is 2. The maximum atomic E-state index is 13.1. The molecule has 0 bridgehead atoms. The molecule has 41 heavy (non-hydrogen) atoms. The summed E-state index contributed by atoms with van der Waals surface area (Å²) in [5.74, 6) is 9.43. The molecule has 0 fully saturated rings. The quantitative estimate of drug-likeness (QED) is 0.126. The van der Waals surface area contributed by atoms with Crippen molar-refractivity contribution in [2.24, 2.45) is 11.8 Å². The lowest BCUT2D eigenvalue weighted by atomic mass is 10.00. The molecule has 2 aromatic carbocycles. The summed E-state index contributed by atoms with van der Waals surface area (Å²) >= 11 is 0. The molecule has 4 aromatic rings. The largest absolute Gasteiger partial charge is 0.480 e.